The molecule has 0 bridgehead atoms. The molecule has 0 fully saturated rings. The van der Waals surface area contributed by atoms with Crippen molar-refractivity contribution >= 4 is 6.08 Å². The zero-order valence-electron chi connectivity index (χ0n) is 9.19. The first kappa shape index (κ1) is 11.1. The van der Waals surface area contributed by atoms with E-state index in [1.54, 1.807) is 19.2 Å². The van der Waals surface area contributed by atoms with E-state index in [4.69, 9.17) is 10.00 Å². The van der Waals surface area contributed by atoms with Crippen molar-refractivity contribution in [2.75, 3.05) is 21.2 Å². The van der Waals surface area contributed by atoms with E-state index < -0.39 is 0 Å². The number of nitrogens with zero attached hydrogens (tertiary/aromatic N) is 2. The number of ether oxygens (including phenoxy) is 1. The summed E-state index contributed by atoms with van der Waals surface area (Å²) in [6.45, 7) is 0. The lowest BCUT2D eigenvalue weighted by atomic mass is 10.1. The summed E-state index contributed by atoms with van der Waals surface area (Å²) in [6, 6.07) is 7.53. The molecule has 0 saturated heterocycles. The predicted molar refractivity (Wildman–Crippen MR) is 60.4 cm³/mol. The molecular formula is C12H14N2O. The lowest BCUT2D eigenvalue weighted by molar-refractivity contribution is 0.414. The summed E-state index contributed by atoms with van der Waals surface area (Å²) in [5, 5.41) is 8.91. The van der Waals surface area contributed by atoms with Crippen molar-refractivity contribution < 1.29 is 4.74 Å². The van der Waals surface area contributed by atoms with Crippen LogP contribution in [0.25, 0.3) is 6.08 Å². The minimum Gasteiger partial charge on any atom is -0.497 e. The van der Waals surface area contributed by atoms with Crippen molar-refractivity contribution in [3.05, 3.63) is 35.5 Å². The number of hydrogen-bond donors (Lipinski definition) is 0. The third-order valence-electron chi connectivity index (χ3n) is 1.93. The van der Waals surface area contributed by atoms with Gasteiger partial charge in [0.15, 0.2) is 0 Å². The van der Waals surface area contributed by atoms with Gasteiger partial charge in [0, 0.05) is 14.1 Å². The molecule has 0 radical (unpaired) electrons. The predicted octanol–water partition coefficient (Wildman–Crippen LogP) is 2.10. The van der Waals surface area contributed by atoms with Crippen LogP contribution in [0.3, 0.4) is 0 Å². The van der Waals surface area contributed by atoms with Crippen molar-refractivity contribution in [3.63, 3.8) is 0 Å². The Labute approximate surface area is 90.2 Å². The van der Waals surface area contributed by atoms with Gasteiger partial charge in [-0.25, -0.2) is 0 Å². The quantitative estimate of drug-likeness (QED) is 0.753. The van der Waals surface area contributed by atoms with Crippen LogP contribution in [0, 0.1) is 11.3 Å². The minimum atomic E-state index is 0.647. The molecule has 1 rings (SSSR count). The molecule has 0 aliphatic carbocycles. The summed E-state index contributed by atoms with van der Waals surface area (Å²) in [5.41, 5.74) is 1.51. The van der Waals surface area contributed by atoms with E-state index in [0.29, 0.717) is 5.56 Å². The smallest absolute Gasteiger partial charge is 0.119 e. The normalized spacial score (nSPS) is 10.0. The molecule has 0 atom stereocenters. The maximum atomic E-state index is 8.91. The molecule has 0 amide bonds. The average Bonchev–Trinajstić information content (AvgIpc) is 2.25. The zero-order valence-corrected chi connectivity index (χ0v) is 9.19. The molecule has 78 valence electrons. The lowest BCUT2D eigenvalue weighted by Crippen LogP contribution is -2.00. The fourth-order valence-electron chi connectivity index (χ4n) is 1.14. The van der Waals surface area contributed by atoms with Crippen LogP contribution in [0.5, 0.6) is 5.75 Å². The van der Waals surface area contributed by atoms with E-state index in [1.165, 1.54) is 0 Å². The van der Waals surface area contributed by atoms with Crippen molar-refractivity contribution in [2.24, 2.45) is 0 Å². The second-order valence-corrected chi connectivity index (χ2v) is 3.34. The number of methoxy groups -OCH3 is 1. The summed E-state index contributed by atoms with van der Waals surface area (Å²) >= 11 is 0. The van der Waals surface area contributed by atoms with Crippen LogP contribution in [-0.2, 0) is 0 Å². The number of benzene rings is 1. The molecule has 3 nitrogen and oxygen atoms in total. The van der Waals surface area contributed by atoms with Crippen molar-refractivity contribution in [1.82, 2.24) is 4.90 Å². The largest absolute Gasteiger partial charge is 0.497 e. The molecule has 1 aromatic rings. The first-order valence-corrected chi connectivity index (χ1v) is 4.60. The highest BCUT2D eigenvalue weighted by molar-refractivity contribution is 5.59. The fourth-order valence-corrected chi connectivity index (χ4v) is 1.14. The Morgan fingerprint density at radius 2 is 2.13 bits per heavy atom. The van der Waals surface area contributed by atoms with Gasteiger partial charge in [-0.1, -0.05) is 0 Å². The number of rotatable bonds is 3. The van der Waals surface area contributed by atoms with Crippen molar-refractivity contribution in [2.45, 2.75) is 0 Å². The molecule has 15 heavy (non-hydrogen) atoms. The fraction of sp³-hybridized carbons (Fsp3) is 0.250. The third-order valence-corrected chi connectivity index (χ3v) is 1.93. The van der Waals surface area contributed by atoms with Crippen LogP contribution in [0.2, 0.25) is 0 Å². The molecule has 0 heterocycles. The van der Waals surface area contributed by atoms with Gasteiger partial charge in [0.2, 0.25) is 0 Å². The van der Waals surface area contributed by atoms with Gasteiger partial charge >= 0.3 is 0 Å². The van der Waals surface area contributed by atoms with E-state index in [1.807, 2.05) is 37.3 Å². The molecule has 0 aromatic heterocycles. The Kier molecular flexibility index (Phi) is 3.75. The van der Waals surface area contributed by atoms with E-state index in [-0.39, 0.29) is 0 Å². The number of nitriles is 1. The van der Waals surface area contributed by atoms with Gasteiger partial charge in [-0.15, -0.1) is 0 Å². The summed E-state index contributed by atoms with van der Waals surface area (Å²) in [4.78, 5) is 1.92. The molecular weight excluding hydrogens is 188 g/mol. The average molecular weight is 202 g/mol. The highest BCUT2D eigenvalue weighted by atomic mass is 16.5. The van der Waals surface area contributed by atoms with Crippen molar-refractivity contribution in [3.8, 4) is 11.8 Å². The number of hydrogen-bond acceptors (Lipinski definition) is 3. The van der Waals surface area contributed by atoms with Crippen LogP contribution >= 0.6 is 0 Å². The maximum Gasteiger partial charge on any atom is 0.119 e. The third kappa shape index (κ3) is 3.03. The van der Waals surface area contributed by atoms with E-state index in [9.17, 15) is 0 Å². The molecule has 3 heteroatoms. The topological polar surface area (TPSA) is 36.3 Å². The summed E-state index contributed by atoms with van der Waals surface area (Å²) in [6.07, 6.45) is 3.79. The van der Waals surface area contributed by atoms with E-state index in [2.05, 4.69) is 6.07 Å². The zero-order chi connectivity index (χ0) is 11.3. The Morgan fingerprint density at radius 1 is 1.40 bits per heavy atom. The van der Waals surface area contributed by atoms with Crippen LogP contribution in [0.1, 0.15) is 11.1 Å². The van der Waals surface area contributed by atoms with Gasteiger partial charge in [0.05, 0.1) is 18.7 Å². The molecule has 0 unspecified atom stereocenters. The summed E-state index contributed by atoms with van der Waals surface area (Å²) in [5.74, 6) is 0.757. The highest BCUT2D eigenvalue weighted by Gasteiger charge is 2.00. The standard InChI is InChI=1S/C12H14N2O/c1-14(2)7-6-10-8-12(15-3)5-4-11(10)9-13/h4-8H,1-3H3. The second kappa shape index (κ2) is 5.06. The van der Waals surface area contributed by atoms with Gasteiger partial charge in [0.25, 0.3) is 0 Å². The Morgan fingerprint density at radius 3 is 2.67 bits per heavy atom. The first-order valence-electron chi connectivity index (χ1n) is 4.60. The van der Waals surface area contributed by atoms with Gasteiger partial charge in [0.1, 0.15) is 5.75 Å². The van der Waals surface area contributed by atoms with Crippen LogP contribution in [0.4, 0.5) is 0 Å². The van der Waals surface area contributed by atoms with Crippen molar-refractivity contribution in [1.29, 1.82) is 5.26 Å². The minimum absolute atomic E-state index is 0.647. The van der Waals surface area contributed by atoms with Gasteiger partial charge < -0.3 is 9.64 Å². The monoisotopic (exact) mass is 202 g/mol. The molecule has 0 saturated carbocycles. The highest BCUT2D eigenvalue weighted by Crippen LogP contribution is 2.18. The summed E-state index contributed by atoms with van der Waals surface area (Å²) in [7, 11) is 5.48. The maximum absolute atomic E-state index is 8.91. The van der Waals surface area contributed by atoms with Gasteiger partial charge in [-0.05, 0) is 36.0 Å². The van der Waals surface area contributed by atoms with E-state index >= 15 is 0 Å². The second-order valence-electron chi connectivity index (χ2n) is 3.34. The molecule has 0 spiro atoms. The molecule has 0 aliphatic heterocycles. The SMILES string of the molecule is COc1ccc(C#N)c(C=CN(C)C)c1. The Bertz CT molecular complexity index is 403. The Balaban J connectivity index is 3.08. The van der Waals surface area contributed by atoms with Crippen LogP contribution in [-0.4, -0.2) is 26.1 Å². The van der Waals surface area contributed by atoms with Gasteiger partial charge in [-0.3, -0.25) is 0 Å². The van der Waals surface area contributed by atoms with Gasteiger partial charge in [-0.2, -0.15) is 5.26 Å². The van der Waals surface area contributed by atoms with E-state index in [0.717, 1.165) is 11.3 Å². The molecule has 1 aromatic carbocycles. The first-order chi connectivity index (χ1) is 7.17. The summed E-state index contributed by atoms with van der Waals surface area (Å²) < 4.78 is 5.10. The van der Waals surface area contributed by atoms with Crippen LogP contribution < -0.4 is 4.74 Å². The lowest BCUT2D eigenvalue weighted by Gasteiger charge is -2.05. The Hall–Kier alpha value is -1.95. The molecule has 0 aliphatic rings. The molecule has 0 N–H and O–H groups in total. The van der Waals surface area contributed by atoms with Crippen LogP contribution in [0.15, 0.2) is 24.4 Å².